The van der Waals surface area contributed by atoms with Crippen LogP contribution < -0.4 is 9.64 Å². The van der Waals surface area contributed by atoms with Crippen molar-refractivity contribution >= 4 is 17.5 Å². The van der Waals surface area contributed by atoms with E-state index in [-0.39, 0.29) is 29.7 Å². The molecule has 0 atom stereocenters. The van der Waals surface area contributed by atoms with Crippen LogP contribution in [-0.4, -0.2) is 48.6 Å². The van der Waals surface area contributed by atoms with Crippen LogP contribution in [0.1, 0.15) is 15.9 Å². The molecule has 0 saturated carbocycles. The Morgan fingerprint density at radius 1 is 1.16 bits per heavy atom. The molecule has 1 heterocycles. The SMILES string of the molecule is COc1cccc(N2CCN(C(=O)c3cc(C)ccc3O)CC2=O)c1. The second-order valence-electron chi connectivity index (χ2n) is 5.99. The van der Waals surface area contributed by atoms with Gasteiger partial charge in [-0.3, -0.25) is 9.59 Å². The predicted octanol–water partition coefficient (Wildman–Crippen LogP) is 2.20. The van der Waals surface area contributed by atoms with E-state index in [1.54, 1.807) is 30.2 Å². The standard InChI is InChI=1S/C19H20N2O4/c1-13-6-7-17(22)16(10-13)19(24)20-8-9-21(18(23)12-20)14-4-3-5-15(11-14)25-2/h3-7,10-11,22H,8-9,12H2,1-2H3. The molecule has 1 aliphatic rings. The summed E-state index contributed by atoms with van der Waals surface area (Å²) < 4.78 is 5.19. The Kier molecular flexibility index (Phi) is 4.61. The smallest absolute Gasteiger partial charge is 0.258 e. The molecular weight excluding hydrogens is 320 g/mol. The Morgan fingerprint density at radius 2 is 1.96 bits per heavy atom. The number of methoxy groups -OCH3 is 1. The van der Waals surface area contributed by atoms with Gasteiger partial charge in [0.05, 0.1) is 12.7 Å². The van der Waals surface area contributed by atoms with E-state index >= 15 is 0 Å². The Morgan fingerprint density at radius 3 is 2.68 bits per heavy atom. The lowest BCUT2D eigenvalue weighted by atomic mass is 10.1. The molecule has 1 fully saturated rings. The number of rotatable bonds is 3. The topological polar surface area (TPSA) is 70.1 Å². The molecule has 6 nitrogen and oxygen atoms in total. The fraction of sp³-hybridized carbons (Fsp3) is 0.263. The summed E-state index contributed by atoms with van der Waals surface area (Å²) in [7, 11) is 1.58. The Bertz CT molecular complexity index is 819. The lowest BCUT2D eigenvalue weighted by molar-refractivity contribution is -0.120. The summed E-state index contributed by atoms with van der Waals surface area (Å²) in [6.07, 6.45) is 0. The lowest BCUT2D eigenvalue weighted by Crippen LogP contribution is -2.52. The average Bonchev–Trinajstić information content (AvgIpc) is 2.63. The molecular formula is C19H20N2O4. The van der Waals surface area contributed by atoms with Gasteiger partial charge in [0.15, 0.2) is 0 Å². The molecule has 130 valence electrons. The molecule has 3 rings (SSSR count). The van der Waals surface area contributed by atoms with Crippen molar-refractivity contribution in [2.24, 2.45) is 0 Å². The van der Waals surface area contributed by atoms with E-state index in [1.165, 1.54) is 11.0 Å². The van der Waals surface area contributed by atoms with Crippen LogP contribution in [0.2, 0.25) is 0 Å². The Balaban J connectivity index is 1.76. The number of amides is 2. The first kappa shape index (κ1) is 16.8. The van der Waals surface area contributed by atoms with Gasteiger partial charge < -0.3 is 19.6 Å². The number of hydrogen-bond donors (Lipinski definition) is 1. The zero-order chi connectivity index (χ0) is 18.0. The normalized spacial score (nSPS) is 14.6. The summed E-state index contributed by atoms with van der Waals surface area (Å²) >= 11 is 0. The minimum atomic E-state index is -0.333. The summed E-state index contributed by atoms with van der Waals surface area (Å²) in [6, 6.07) is 12.1. The van der Waals surface area contributed by atoms with Crippen molar-refractivity contribution in [3.63, 3.8) is 0 Å². The van der Waals surface area contributed by atoms with E-state index in [4.69, 9.17) is 4.74 Å². The molecule has 1 saturated heterocycles. The Labute approximate surface area is 146 Å². The van der Waals surface area contributed by atoms with Crippen LogP contribution in [0.5, 0.6) is 11.5 Å². The third kappa shape index (κ3) is 3.42. The molecule has 0 spiro atoms. The average molecular weight is 340 g/mol. The maximum absolute atomic E-state index is 12.6. The van der Waals surface area contributed by atoms with Gasteiger partial charge in [0.2, 0.25) is 5.91 Å². The van der Waals surface area contributed by atoms with E-state index in [0.29, 0.717) is 18.8 Å². The molecule has 1 N–H and O–H groups in total. The summed E-state index contributed by atoms with van der Waals surface area (Å²) in [5, 5.41) is 9.93. The van der Waals surface area contributed by atoms with Crippen LogP contribution in [0.15, 0.2) is 42.5 Å². The number of aryl methyl sites for hydroxylation is 1. The fourth-order valence-electron chi connectivity index (χ4n) is 2.89. The number of aromatic hydroxyl groups is 1. The third-order valence-corrected chi connectivity index (χ3v) is 4.26. The van der Waals surface area contributed by atoms with Gasteiger partial charge in [0, 0.05) is 24.8 Å². The molecule has 25 heavy (non-hydrogen) atoms. The first-order valence-electron chi connectivity index (χ1n) is 8.03. The molecule has 0 bridgehead atoms. The maximum atomic E-state index is 12.6. The van der Waals surface area contributed by atoms with Gasteiger partial charge in [0.1, 0.15) is 18.0 Å². The van der Waals surface area contributed by atoms with E-state index in [2.05, 4.69) is 0 Å². The van der Waals surface area contributed by atoms with Gasteiger partial charge in [-0.2, -0.15) is 0 Å². The highest BCUT2D eigenvalue weighted by Crippen LogP contribution is 2.25. The van der Waals surface area contributed by atoms with Crippen molar-refractivity contribution in [3.8, 4) is 11.5 Å². The van der Waals surface area contributed by atoms with Crippen LogP contribution in [0.4, 0.5) is 5.69 Å². The van der Waals surface area contributed by atoms with Crippen molar-refractivity contribution < 1.29 is 19.4 Å². The van der Waals surface area contributed by atoms with Crippen molar-refractivity contribution in [1.29, 1.82) is 0 Å². The van der Waals surface area contributed by atoms with E-state index in [9.17, 15) is 14.7 Å². The highest BCUT2D eigenvalue weighted by atomic mass is 16.5. The van der Waals surface area contributed by atoms with Crippen molar-refractivity contribution in [1.82, 2.24) is 4.90 Å². The number of nitrogens with zero attached hydrogens (tertiary/aromatic N) is 2. The van der Waals surface area contributed by atoms with Crippen LogP contribution in [-0.2, 0) is 4.79 Å². The van der Waals surface area contributed by atoms with Crippen LogP contribution in [0.3, 0.4) is 0 Å². The van der Waals surface area contributed by atoms with Gasteiger partial charge >= 0.3 is 0 Å². The molecule has 0 radical (unpaired) electrons. The second kappa shape index (κ2) is 6.84. The fourth-order valence-corrected chi connectivity index (χ4v) is 2.89. The number of anilines is 1. The third-order valence-electron chi connectivity index (χ3n) is 4.26. The minimum absolute atomic E-state index is 0.0244. The molecule has 0 aliphatic carbocycles. The zero-order valence-electron chi connectivity index (χ0n) is 14.2. The summed E-state index contributed by atoms with van der Waals surface area (Å²) in [6.45, 7) is 2.62. The largest absolute Gasteiger partial charge is 0.507 e. The van der Waals surface area contributed by atoms with E-state index in [1.807, 2.05) is 25.1 Å². The number of ether oxygens (including phenoxy) is 1. The molecule has 2 amide bonds. The van der Waals surface area contributed by atoms with Gasteiger partial charge in [-0.25, -0.2) is 0 Å². The van der Waals surface area contributed by atoms with Crippen molar-refractivity contribution in [3.05, 3.63) is 53.6 Å². The number of benzene rings is 2. The van der Waals surface area contributed by atoms with E-state index in [0.717, 1.165) is 11.3 Å². The first-order valence-corrected chi connectivity index (χ1v) is 8.03. The number of phenols is 1. The molecule has 2 aromatic rings. The van der Waals surface area contributed by atoms with Gasteiger partial charge in [0.25, 0.3) is 5.91 Å². The molecule has 2 aromatic carbocycles. The Hall–Kier alpha value is -3.02. The van der Waals surface area contributed by atoms with Crippen molar-refractivity contribution in [2.75, 3.05) is 31.6 Å². The van der Waals surface area contributed by atoms with Crippen LogP contribution in [0, 0.1) is 6.92 Å². The monoisotopic (exact) mass is 340 g/mol. The zero-order valence-corrected chi connectivity index (χ0v) is 14.2. The predicted molar refractivity (Wildman–Crippen MR) is 94.1 cm³/mol. The highest BCUT2D eigenvalue weighted by molar-refractivity contribution is 6.02. The lowest BCUT2D eigenvalue weighted by Gasteiger charge is -2.34. The van der Waals surface area contributed by atoms with Gasteiger partial charge in [-0.05, 0) is 31.2 Å². The quantitative estimate of drug-likeness (QED) is 0.930. The summed E-state index contributed by atoms with van der Waals surface area (Å²) in [5.74, 6) is 0.103. The maximum Gasteiger partial charge on any atom is 0.258 e. The van der Waals surface area contributed by atoms with Gasteiger partial charge in [-0.1, -0.05) is 17.7 Å². The van der Waals surface area contributed by atoms with Crippen molar-refractivity contribution in [2.45, 2.75) is 6.92 Å². The number of hydrogen-bond acceptors (Lipinski definition) is 4. The summed E-state index contributed by atoms with van der Waals surface area (Å²) in [5.41, 5.74) is 1.85. The minimum Gasteiger partial charge on any atom is -0.507 e. The van der Waals surface area contributed by atoms with Crippen LogP contribution in [0.25, 0.3) is 0 Å². The first-order chi connectivity index (χ1) is 12.0. The molecule has 6 heteroatoms. The molecule has 0 aromatic heterocycles. The highest BCUT2D eigenvalue weighted by Gasteiger charge is 2.29. The number of piperazine rings is 1. The van der Waals surface area contributed by atoms with Crippen LogP contribution >= 0.6 is 0 Å². The molecule has 0 unspecified atom stereocenters. The van der Waals surface area contributed by atoms with E-state index < -0.39 is 0 Å². The molecule has 1 aliphatic heterocycles. The number of carbonyl (C=O) groups excluding carboxylic acids is 2. The van der Waals surface area contributed by atoms with Gasteiger partial charge in [-0.15, -0.1) is 0 Å². The number of phenolic OH excluding ortho intramolecular Hbond substituents is 1. The summed E-state index contributed by atoms with van der Waals surface area (Å²) in [4.78, 5) is 28.3. The second-order valence-corrected chi connectivity index (χ2v) is 5.99. The number of carbonyl (C=O) groups is 2.